The molecule has 0 spiro atoms. The summed E-state index contributed by atoms with van der Waals surface area (Å²) in [5, 5.41) is 10.9. The van der Waals surface area contributed by atoms with E-state index in [1.807, 2.05) is 6.92 Å². The second-order valence-corrected chi connectivity index (χ2v) is 17.5. The Morgan fingerprint density at radius 2 is 1.29 bits per heavy atom. The van der Waals surface area contributed by atoms with Gasteiger partial charge in [-0.3, -0.25) is 0 Å². The lowest BCUT2D eigenvalue weighted by atomic mass is 8.43. The summed E-state index contributed by atoms with van der Waals surface area (Å²) in [6, 6.07) is 0. The lowest BCUT2D eigenvalue weighted by molar-refractivity contribution is -0.264. The van der Waals surface area contributed by atoms with Crippen LogP contribution in [0.2, 0.25) is 0 Å². The summed E-state index contributed by atoms with van der Waals surface area (Å²) in [7, 11) is 52.0. The molecule has 0 aromatic carbocycles. The Labute approximate surface area is 325 Å². The normalized spacial score (nSPS) is 36.1. The minimum absolute atomic E-state index is 0.0431. The van der Waals surface area contributed by atoms with Crippen molar-refractivity contribution in [3.05, 3.63) is 0 Å². The number of esters is 2. The van der Waals surface area contributed by atoms with Gasteiger partial charge >= 0.3 is 17.9 Å². The van der Waals surface area contributed by atoms with Crippen LogP contribution < -0.4 is 0 Å². The van der Waals surface area contributed by atoms with Gasteiger partial charge < -0.3 is 19.3 Å². The molecule has 0 amide bonds. The molecule has 0 heterocycles. The fraction of sp³-hybridized carbons (Fsp3) is 0.926. The fourth-order valence-corrected chi connectivity index (χ4v) is 12.0. The molecule has 0 saturated heterocycles. The van der Waals surface area contributed by atoms with Crippen LogP contribution in [0.15, 0.2) is 0 Å². The number of rotatable bonds is 14. The zero-order valence-corrected chi connectivity index (χ0v) is 30.6. The molecule has 247 valence electrons. The number of carbonyl (C=O) groups excluding carboxylic acids is 2. The van der Waals surface area contributed by atoms with Crippen molar-refractivity contribution in [1.82, 2.24) is 0 Å². The molecule has 8 fully saturated rings. The van der Waals surface area contributed by atoms with Crippen LogP contribution in [0.4, 0.5) is 8.78 Å². The highest BCUT2D eigenvalue weighted by Crippen LogP contribution is 2.64. The molecule has 8 saturated carbocycles. The van der Waals surface area contributed by atoms with E-state index in [-0.39, 0.29) is 24.4 Å². The first-order chi connectivity index (χ1) is 24.1. The minimum Gasteiger partial charge on any atom is -0.457 e. The molecule has 25 heteroatoms. The van der Waals surface area contributed by atoms with Crippen molar-refractivity contribution in [2.45, 2.75) is 119 Å². The Morgan fingerprint density at radius 3 is 1.71 bits per heavy atom. The maximum atomic E-state index is 13.7. The molecule has 4 unspecified atom stereocenters. The van der Waals surface area contributed by atoms with Gasteiger partial charge in [0.15, 0.2) is 0 Å². The van der Waals surface area contributed by atoms with E-state index >= 15 is 0 Å². The van der Waals surface area contributed by atoms with Gasteiger partial charge in [0, 0.05) is 147 Å². The van der Waals surface area contributed by atoms with Gasteiger partial charge in [-0.2, -0.15) is 8.78 Å². The number of ether oxygens (including phenoxy) is 3. The highest BCUT2D eigenvalue weighted by Gasteiger charge is 2.65. The van der Waals surface area contributed by atoms with E-state index in [0.29, 0.717) is 50.4 Å². The van der Waals surface area contributed by atoms with Crippen molar-refractivity contribution in [1.29, 1.82) is 0 Å². The van der Waals surface area contributed by atoms with E-state index in [1.165, 1.54) is 7.06 Å². The van der Waals surface area contributed by atoms with Crippen LogP contribution >= 0.6 is 0 Å². The minimum atomic E-state index is -3.51. The number of hydrogen-bond donors (Lipinski definition) is 1. The quantitative estimate of drug-likeness (QED) is 0.171. The summed E-state index contributed by atoms with van der Waals surface area (Å²) in [6.07, 6.45) is 4.55. The monoisotopic (exact) mass is 683 g/mol. The van der Waals surface area contributed by atoms with Crippen molar-refractivity contribution in [2.75, 3.05) is 6.61 Å². The van der Waals surface area contributed by atoms with Crippen LogP contribution in [0.25, 0.3) is 0 Å². The Balaban J connectivity index is 0.000000262. The van der Waals surface area contributed by atoms with Gasteiger partial charge in [0.25, 0.3) is 0 Å². The first kappa shape index (κ1) is 43.0. The van der Waals surface area contributed by atoms with Crippen LogP contribution in [0, 0.1) is 29.6 Å². The molecular formula is C27H38B17F2O6. The van der Waals surface area contributed by atoms with Gasteiger partial charge in [0.2, 0.25) is 0 Å². The van der Waals surface area contributed by atoms with Gasteiger partial charge in [-0.25, -0.2) is 9.59 Å². The van der Waals surface area contributed by atoms with E-state index in [1.54, 1.807) is 0 Å². The van der Waals surface area contributed by atoms with Gasteiger partial charge in [0.05, 0.1) is 11.2 Å². The molecule has 0 aromatic heterocycles. The smallest absolute Gasteiger partial charge is 0.377 e. The molecule has 8 rings (SSSR count). The molecule has 1 N–H and O–H groups in total. The molecule has 19 radical (unpaired) electrons. The maximum absolute atomic E-state index is 13.7. The van der Waals surface area contributed by atoms with Crippen LogP contribution in [0.5, 0.6) is 0 Å². The third-order valence-electron chi connectivity index (χ3n) is 13.4. The summed E-state index contributed by atoms with van der Waals surface area (Å²) in [5.74, 6) is -4.16. The molecule has 0 aromatic rings. The number of carbonyl (C=O) groups is 2. The second-order valence-electron chi connectivity index (χ2n) is 17.5. The Bertz CT molecular complexity index is 1260. The van der Waals surface area contributed by atoms with Gasteiger partial charge in [0.1, 0.15) is 17.8 Å². The zero-order valence-electron chi connectivity index (χ0n) is 30.6. The third kappa shape index (κ3) is 8.85. The van der Waals surface area contributed by atoms with E-state index < -0.39 is 79.0 Å². The third-order valence-corrected chi connectivity index (χ3v) is 13.4. The lowest BCUT2D eigenvalue weighted by Crippen LogP contribution is -2.76. The summed E-state index contributed by atoms with van der Waals surface area (Å²) in [4.78, 5) is 25.1. The van der Waals surface area contributed by atoms with E-state index in [0.717, 1.165) is 51.4 Å². The van der Waals surface area contributed by atoms with Crippen molar-refractivity contribution in [3.63, 3.8) is 0 Å². The van der Waals surface area contributed by atoms with Crippen molar-refractivity contribution < 1.29 is 37.7 Å². The lowest BCUT2D eigenvalue weighted by Gasteiger charge is -2.64. The first-order valence-electron chi connectivity index (χ1n) is 18.9. The van der Waals surface area contributed by atoms with Gasteiger partial charge in [-0.1, -0.05) is 6.92 Å². The molecule has 8 bridgehead atoms. The molecular weight excluding hydrogens is 642 g/mol. The summed E-state index contributed by atoms with van der Waals surface area (Å²) >= 11 is 0. The average molecular weight is 680 g/mol. The Hall–Kier alpha value is -0.176. The summed E-state index contributed by atoms with van der Waals surface area (Å²) < 4.78 is 45.4. The summed E-state index contributed by atoms with van der Waals surface area (Å²) in [5.41, 5.74) is -2.62. The van der Waals surface area contributed by atoms with Crippen molar-refractivity contribution in [3.8, 4) is 0 Å². The summed E-state index contributed by atoms with van der Waals surface area (Å²) in [6.45, 7) is 2.37. The average Bonchev–Trinajstić information content (AvgIpc) is 2.99. The Morgan fingerprint density at radius 1 is 0.769 bits per heavy atom. The predicted octanol–water partition coefficient (Wildman–Crippen LogP) is -1.92. The molecule has 8 aliphatic rings. The zero-order chi connectivity index (χ0) is 38.6. The second kappa shape index (κ2) is 16.0. The van der Waals surface area contributed by atoms with Crippen LogP contribution in [0.1, 0.15) is 90.9 Å². The molecule has 8 aliphatic carbocycles. The van der Waals surface area contributed by atoms with Gasteiger partial charge in [-0.05, 0) is 88.4 Å². The topological polar surface area (TPSA) is 82.1 Å². The fourth-order valence-electron chi connectivity index (χ4n) is 12.0. The largest absolute Gasteiger partial charge is 0.457 e. The first-order valence-corrected chi connectivity index (χ1v) is 18.9. The molecule has 4 atom stereocenters. The highest BCUT2D eigenvalue weighted by molar-refractivity contribution is 8.15. The van der Waals surface area contributed by atoms with Crippen LogP contribution in [-0.4, -0.2) is 173 Å². The van der Waals surface area contributed by atoms with E-state index in [9.17, 15) is 23.5 Å². The number of alkyl halides is 2. The van der Waals surface area contributed by atoms with Crippen LogP contribution in [0.3, 0.4) is 0 Å². The van der Waals surface area contributed by atoms with Gasteiger partial charge in [-0.15, -0.1) is 0 Å². The number of hydrogen-bond acceptors (Lipinski definition) is 6. The number of aliphatic hydroxyl groups is 1. The van der Waals surface area contributed by atoms with Crippen molar-refractivity contribution >= 4 is 133 Å². The molecule has 52 heavy (non-hydrogen) atoms. The molecule has 6 nitrogen and oxygen atoms in total. The molecule has 0 aliphatic heterocycles. The standard InChI is InChI=1S/C27H38F2O6.B17/c1-3-27(35-22(31)23(2,28)29)19-5-16-6-20(27)13-25(9-16,12-19)33-14-21(30)34-26-10-17-4-18(11-26)8-24(32,7-17)15-26;1-10-15(11(2)3)17(14(8)9)16(12(4)5)13(6)7/h16-20,32H,3-15H2,1-2H3;. The maximum Gasteiger partial charge on any atom is 0.377 e. The Kier molecular flexibility index (Phi) is 13.2. The number of halogens is 2. The predicted molar refractivity (Wildman–Crippen MR) is 218 cm³/mol. The van der Waals surface area contributed by atoms with E-state index in [4.69, 9.17) is 83.8 Å². The van der Waals surface area contributed by atoms with E-state index in [2.05, 4.69) is 0 Å². The van der Waals surface area contributed by atoms with Crippen LogP contribution in [-0.2, 0) is 23.8 Å². The SMILES string of the molecule is CCC1(OC(=O)C(C)(F)F)C2CC3CC1CC(OCC(=O)OC14CC5CC(CC(O)(C5)C1)C4)(C3)C2.[B][B]B(B([B])[B])B(B([B])[B])B(B([B])[B])B([B])[B]. The van der Waals surface area contributed by atoms with Crippen molar-refractivity contribution in [2.24, 2.45) is 29.6 Å². The highest BCUT2D eigenvalue weighted by atomic mass is 19.3.